The molecule has 5 heteroatoms. The van der Waals surface area contributed by atoms with Crippen molar-refractivity contribution in [1.82, 2.24) is 4.98 Å². The van der Waals surface area contributed by atoms with E-state index in [9.17, 15) is 4.79 Å². The molecule has 0 saturated carbocycles. The van der Waals surface area contributed by atoms with Gasteiger partial charge in [0.05, 0.1) is 16.3 Å². The van der Waals surface area contributed by atoms with Crippen LogP contribution in [0.3, 0.4) is 0 Å². The van der Waals surface area contributed by atoms with Crippen molar-refractivity contribution in [3.63, 3.8) is 0 Å². The molecule has 0 unspecified atom stereocenters. The van der Waals surface area contributed by atoms with Crippen molar-refractivity contribution in [2.45, 2.75) is 31.1 Å². The van der Waals surface area contributed by atoms with Crippen LogP contribution in [0.5, 0.6) is 0 Å². The van der Waals surface area contributed by atoms with E-state index in [2.05, 4.69) is 10.4 Å². The van der Waals surface area contributed by atoms with Crippen molar-refractivity contribution < 1.29 is 9.53 Å². The lowest BCUT2D eigenvalue weighted by Crippen LogP contribution is -2.07. The summed E-state index contributed by atoms with van der Waals surface area (Å²) in [4.78, 5) is 17.9. The highest BCUT2D eigenvalue weighted by Crippen LogP contribution is 2.27. The Morgan fingerprint density at radius 1 is 1.12 bits per heavy atom. The molecule has 128 valence electrons. The highest BCUT2D eigenvalue weighted by molar-refractivity contribution is 7.98. The zero-order valence-electron chi connectivity index (χ0n) is 14.2. The zero-order valence-corrected chi connectivity index (χ0v) is 15.8. The summed E-state index contributed by atoms with van der Waals surface area (Å²) in [6.07, 6.45) is 0. The first-order chi connectivity index (χ1) is 12.1. The normalized spacial score (nSPS) is 10.6. The fourth-order valence-corrected chi connectivity index (χ4v) is 4.03. The SMILES string of the molecule is Cc1nc(CSc2ccccc2C(=O)OCc2ccccc2C)cs1. The van der Waals surface area contributed by atoms with E-state index in [4.69, 9.17) is 4.74 Å². The van der Waals surface area contributed by atoms with E-state index >= 15 is 0 Å². The predicted octanol–water partition coefficient (Wildman–Crippen LogP) is 5.41. The molecule has 25 heavy (non-hydrogen) atoms. The molecule has 1 aromatic heterocycles. The molecule has 0 spiro atoms. The zero-order chi connectivity index (χ0) is 17.6. The number of esters is 1. The molecule has 0 bridgehead atoms. The van der Waals surface area contributed by atoms with Gasteiger partial charge in [0.25, 0.3) is 0 Å². The van der Waals surface area contributed by atoms with Crippen LogP contribution in [0.4, 0.5) is 0 Å². The average Bonchev–Trinajstić information content (AvgIpc) is 3.04. The number of ether oxygens (including phenoxy) is 1. The summed E-state index contributed by atoms with van der Waals surface area (Å²) < 4.78 is 5.53. The van der Waals surface area contributed by atoms with Crippen LogP contribution in [0.15, 0.2) is 58.8 Å². The molecular formula is C20H19NO2S2. The van der Waals surface area contributed by atoms with Crippen molar-refractivity contribution in [3.8, 4) is 0 Å². The number of nitrogens with zero attached hydrogens (tertiary/aromatic N) is 1. The fraction of sp³-hybridized carbons (Fsp3) is 0.200. The van der Waals surface area contributed by atoms with Crippen molar-refractivity contribution in [2.75, 3.05) is 0 Å². The van der Waals surface area contributed by atoms with E-state index in [1.54, 1.807) is 23.1 Å². The van der Waals surface area contributed by atoms with Gasteiger partial charge in [-0.2, -0.15) is 0 Å². The molecule has 0 aliphatic rings. The first kappa shape index (κ1) is 17.7. The maximum Gasteiger partial charge on any atom is 0.339 e. The van der Waals surface area contributed by atoms with Crippen LogP contribution >= 0.6 is 23.1 Å². The predicted molar refractivity (Wildman–Crippen MR) is 103 cm³/mol. The van der Waals surface area contributed by atoms with Gasteiger partial charge in [-0.15, -0.1) is 23.1 Å². The van der Waals surface area contributed by atoms with E-state index in [1.807, 2.05) is 62.4 Å². The summed E-state index contributed by atoms with van der Waals surface area (Å²) in [5, 5.41) is 3.11. The molecule has 0 aliphatic carbocycles. The lowest BCUT2D eigenvalue weighted by molar-refractivity contribution is 0.0468. The third kappa shape index (κ3) is 4.71. The Kier molecular flexibility index (Phi) is 5.89. The quantitative estimate of drug-likeness (QED) is 0.430. The van der Waals surface area contributed by atoms with Crippen molar-refractivity contribution in [3.05, 3.63) is 81.3 Å². The second kappa shape index (κ2) is 8.32. The number of benzene rings is 2. The van der Waals surface area contributed by atoms with Crippen LogP contribution in [-0.2, 0) is 17.1 Å². The number of carbonyl (C=O) groups excluding carboxylic acids is 1. The molecule has 3 nitrogen and oxygen atoms in total. The highest BCUT2D eigenvalue weighted by Gasteiger charge is 2.14. The maximum atomic E-state index is 12.5. The summed E-state index contributed by atoms with van der Waals surface area (Å²) in [6.45, 7) is 4.30. The Labute approximate surface area is 156 Å². The smallest absolute Gasteiger partial charge is 0.339 e. The van der Waals surface area contributed by atoms with E-state index in [-0.39, 0.29) is 12.6 Å². The van der Waals surface area contributed by atoms with Crippen LogP contribution in [0.1, 0.15) is 32.2 Å². The van der Waals surface area contributed by atoms with Crippen LogP contribution in [0.25, 0.3) is 0 Å². The van der Waals surface area contributed by atoms with Gasteiger partial charge in [0.15, 0.2) is 0 Å². The van der Waals surface area contributed by atoms with E-state index in [1.165, 1.54) is 0 Å². The first-order valence-corrected chi connectivity index (χ1v) is 9.84. The lowest BCUT2D eigenvalue weighted by atomic mass is 10.1. The molecule has 0 radical (unpaired) electrons. The van der Waals surface area contributed by atoms with Crippen molar-refractivity contribution in [2.24, 2.45) is 0 Å². The second-order valence-electron chi connectivity index (χ2n) is 5.65. The molecule has 2 aromatic carbocycles. The van der Waals surface area contributed by atoms with Gasteiger partial charge >= 0.3 is 5.97 Å². The third-order valence-corrected chi connectivity index (χ3v) is 5.70. The summed E-state index contributed by atoms with van der Waals surface area (Å²) >= 11 is 3.25. The monoisotopic (exact) mass is 369 g/mol. The summed E-state index contributed by atoms with van der Waals surface area (Å²) in [7, 11) is 0. The molecular weight excluding hydrogens is 350 g/mol. The third-order valence-electron chi connectivity index (χ3n) is 3.77. The van der Waals surface area contributed by atoms with Gasteiger partial charge in [-0.3, -0.25) is 0 Å². The summed E-state index contributed by atoms with van der Waals surface area (Å²) in [5.74, 6) is 0.452. The van der Waals surface area contributed by atoms with Crippen molar-refractivity contribution >= 4 is 29.1 Å². The maximum absolute atomic E-state index is 12.5. The molecule has 0 saturated heterocycles. The Balaban J connectivity index is 1.67. The largest absolute Gasteiger partial charge is 0.457 e. The summed E-state index contributed by atoms with van der Waals surface area (Å²) in [5.41, 5.74) is 3.79. The molecule has 3 aromatic rings. The summed E-state index contributed by atoms with van der Waals surface area (Å²) in [6, 6.07) is 15.5. The number of aryl methyl sites for hydroxylation is 2. The Morgan fingerprint density at radius 2 is 1.88 bits per heavy atom. The topological polar surface area (TPSA) is 39.2 Å². The number of thiazole rings is 1. The van der Waals surface area contributed by atoms with Gasteiger partial charge in [0, 0.05) is 16.0 Å². The Bertz CT molecular complexity index is 873. The molecule has 0 N–H and O–H groups in total. The second-order valence-corrected chi connectivity index (χ2v) is 7.72. The molecule has 0 aliphatic heterocycles. The van der Waals surface area contributed by atoms with Gasteiger partial charge in [0.2, 0.25) is 0 Å². The number of hydrogen-bond acceptors (Lipinski definition) is 5. The van der Waals surface area contributed by atoms with Crippen LogP contribution in [0.2, 0.25) is 0 Å². The molecule has 0 atom stereocenters. The number of carbonyl (C=O) groups is 1. The minimum Gasteiger partial charge on any atom is -0.457 e. The van der Waals surface area contributed by atoms with Gasteiger partial charge in [-0.1, -0.05) is 36.4 Å². The Hall–Kier alpha value is -2.11. The van der Waals surface area contributed by atoms with Gasteiger partial charge in [-0.05, 0) is 37.1 Å². The number of hydrogen-bond donors (Lipinski definition) is 0. The van der Waals surface area contributed by atoms with Gasteiger partial charge in [-0.25, -0.2) is 9.78 Å². The van der Waals surface area contributed by atoms with Crippen LogP contribution < -0.4 is 0 Å². The van der Waals surface area contributed by atoms with Gasteiger partial charge in [0.1, 0.15) is 6.61 Å². The average molecular weight is 370 g/mol. The number of rotatable bonds is 6. The van der Waals surface area contributed by atoms with E-state index in [0.29, 0.717) is 5.56 Å². The van der Waals surface area contributed by atoms with Crippen LogP contribution in [0, 0.1) is 13.8 Å². The lowest BCUT2D eigenvalue weighted by Gasteiger charge is -2.10. The molecule has 0 fully saturated rings. The van der Waals surface area contributed by atoms with Crippen molar-refractivity contribution in [1.29, 1.82) is 0 Å². The minimum atomic E-state index is -0.291. The van der Waals surface area contributed by atoms with E-state index < -0.39 is 0 Å². The van der Waals surface area contributed by atoms with Crippen LogP contribution in [-0.4, -0.2) is 11.0 Å². The minimum absolute atomic E-state index is 0.287. The number of aromatic nitrogens is 1. The number of thioether (sulfide) groups is 1. The molecule has 0 amide bonds. The molecule has 3 rings (SSSR count). The van der Waals surface area contributed by atoms with E-state index in [0.717, 1.165) is 32.5 Å². The molecule has 1 heterocycles. The first-order valence-electron chi connectivity index (χ1n) is 7.98. The highest BCUT2D eigenvalue weighted by atomic mass is 32.2. The standard InChI is InChI=1S/C20H19NO2S2/c1-14-7-3-4-8-16(14)11-23-20(22)18-9-5-6-10-19(18)25-13-17-12-24-15(2)21-17/h3-10,12H,11,13H2,1-2H3. The Morgan fingerprint density at radius 3 is 2.64 bits per heavy atom. The van der Waals surface area contributed by atoms with Gasteiger partial charge < -0.3 is 4.74 Å². The fourth-order valence-electron chi connectivity index (χ4n) is 2.38.